The number of benzene rings is 2. The smallest absolute Gasteiger partial charge is 0.224 e. The average molecular weight is 361 g/mol. The average Bonchev–Trinajstić information content (AvgIpc) is 3.35. The van der Waals surface area contributed by atoms with Crippen LogP contribution in [0.2, 0.25) is 0 Å². The molecule has 2 aliphatic rings. The Labute approximate surface area is 161 Å². The first-order chi connectivity index (χ1) is 13.2. The summed E-state index contributed by atoms with van der Waals surface area (Å²) in [6.45, 7) is 4.04. The van der Waals surface area contributed by atoms with Gasteiger partial charge in [-0.15, -0.1) is 0 Å². The third-order valence-electron chi connectivity index (χ3n) is 6.02. The molecule has 2 aromatic rings. The maximum Gasteiger partial charge on any atom is 0.224 e. The predicted octanol–water partition coefficient (Wildman–Crippen LogP) is 4.13. The van der Waals surface area contributed by atoms with Crippen molar-refractivity contribution in [3.63, 3.8) is 0 Å². The highest BCUT2D eigenvalue weighted by atomic mass is 16.1. The zero-order chi connectivity index (χ0) is 18.7. The van der Waals surface area contributed by atoms with Crippen molar-refractivity contribution in [2.75, 3.05) is 18.0 Å². The monoisotopic (exact) mass is 361 g/mol. The molecule has 2 aromatic carbocycles. The Morgan fingerprint density at radius 2 is 1.85 bits per heavy atom. The lowest BCUT2D eigenvalue weighted by atomic mass is 9.92. The number of carbonyl (C=O) groups excluding carboxylic acids is 1. The second-order valence-corrected chi connectivity index (χ2v) is 7.70. The van der Waals surface area contributed by atoms with Crippen LogP contribution in [0.4, 0.5) is 11.4 Å². The fourth-order valence-corrected chi connectivity index (χ4v) is 4.30. The van der Waals surface area contributed by atoms with Gasteiger partial charge in [-0.3, -0.25) is 9.79 Å². The summed E-state index contributed by atoms with van der Waals surface area (Å²) < 4.78 is 0. The zero-order valence-electron chi connectivity index (χ0n) is 15.9. The molecule has 140 valence electrons. The Kier molecular flexibility index (Phi) is 4.97. The molecule has 1 unspecified atom stereocenters. The Morgan fingerprint density at radius 1 is 1.15 bits per heavy atom. The number of aliphatic imine (C=N–C) groups is 1. The number of nitrogens with one attached hydrogen (secondary N) is 1. The topological polar surface area (TPSA) is 44.7 Å². The van der Waals surface area contributed by atoms with Gasteiger partial charge in [-0.05, 0) is 55.4 Å². The van der Waals surface area contributed by atoms with E-state index in [1.165, 1.54) is 5.69 Å². The lowest BCUT2D eigenvalue weighted by Crippen LogP contribution is -2.39. The fraction of sp³-hybridized carbons (Fsp3) is 0.391. The molecule has 1 spiro atoms. The summed E-state index contributed by atoms with van der Waals surface area (Å²) >= 11 is 0. The molecule has 1 amide bonds. The zero-order valence-corrected chi connectivity index (χ0v) is 15.9. The maximum atomic E-state index is 12.6. The van der Waals surface area contributed by atoms with Crippen LogP contribution < -0.4 is 10.2 Å². The minimum atomic E-state index is 0.112. The summed E-state index contributed by atoms with van der Waals surface area (Å²) in [7, 11) is 0. The molecule has 27 heavy (non-hydrogen) atoms. The first kappa shape index (κ1) is 17.8. The molecule has 1 aliphatic heterocycles. The second-order valence-electron chi connectivity index (χ2n) is 7.70. The number of para-hydroxylation sites is 2. The van der Waals surface area contributed by atoms with Gasteiger partial charge in [0.1, 0.15) is 0 Å². The maximum absolute atomic E-state index is 12.6. The Balaban J connectivity index is 1.31. The van der Waals surface area contributed by atoms with E-state index >= 15 is 0 Å². The second kappa shape index (κ2) is 7.55. The van der Waals surface area contributed by atoms with Crippen molar-refractivity contribution in [3.8, 4) is 0 Å². The normalized spacial score (nSPS) is 20.8. The molecule has 1 saturated heterocycles. The number of hydrogen-bond donors (Lipinski definition) is 1. The molecule has 4 nitrogen and oxygen atoms in total. The minimum Gasteiger partial charge on any atom is -0.371 e. The van der Waals surface area contributed by atoms with E-state index in [9.17, 15) is 4.79 Å². The van der Waals surface area contributed by atoms with Gasteiger partial charge in [0.15, 0.2) is 0 Å². The van der Waals surface area contributed by atoms with E-state index in [1.807, 2.05) is 31.2 Å². The number of carbonyl (C=O) groups is 1. The van der Waals surface area contributed by atoms with Gasteiger partial charge in [0.2, 0.25) is 5.91 Å². The molecule has 1 saturated carbocycles. The van der Waals surface area contributed by atoms with Gasteiger partial charge < -0.3 is 10.2 Å². The molecule has 4 heteroatoms. The standard InChI is InChI=1S/C23H27N3O/c1-2-24-20-11-7-6-8-18(20)16-22(27)25-21-17-23(21)12-14-26(15-13-23)19-9-4-3-5-10-19/h2-11,21H,12-17H2,1H3,(H,25,27). The first-order valence-electron chi connectivity index (χ1n) is 9.86. The van der Waals surface area contributed by atoms with E-state index in [-0.39, 0.29) is 5.91 Å². The number of amides is 1. The molecule has 1 N–H and O–H groups in total. The Morgan fingerprint density at radius 3 is 2.59 bits per heavy atom. The van der Waals surface area contributed by atoms with Crippen molar-refractivity contribution in [2.24, 2.45) is 10.4 Å². The SMILES string of the molecule is CC=Nc1ccccc1CC(=O)NC1CC12CCN(c1ccccc1)CC2. The molecule has 2 fully saturated rings. The number of piperidine rings is 1. The van der Waals surface area contributed by atoms with Crippen LogP contribution in [-0.2, 0) is 11.2 Å². The van der Waals surface area contributed by atoms with E-state index in [2.05, 4.69) is 45.5 Å². The summed E-state index contributed by atoms with van der Waals surface area (Å²) in [5.74, 6) is 0.112. The molecular formula is C23H27N3O. The third-order valence-corrected chi connectivity index (χ3v) is 6.02. The largest absolute Gasteiger partial charge is 0.371 e. The molecule has 1 atom stereocenters. The van der Waals surface area contributed by atoms with E-state index in [0.717, 1.165) is 43.6 Å². The van der Waals surface area contributed by atoms with Crippen molar-refractivity contribution in [1.82, 2.24) is 5.32 Å². The van der Waals surface area contributed by atoms with Crippen molar-refractivity contribution in [1.29, 1.82) is 0 Å². The van der Waals surface area contributed by atoms with Crippen molar-refractivity contribution < 1.29 is 4.79 Å². The van der Waals surface area contributed by atoms with Gasteiger partial charge in [-0.1, -0.05) is 36.4 Å². The quantitative estimate of drug-likeness (QED) is 0.814. The highest BCUT2D eigenvalue weighted by Crippen LogP contribution is 2.54. The van der Waals surface area contributed by atoms with Crippen molar-refractivity contribution in [3.05, 3.63) is 60.2 Å². The summed E-state index contributed by atoms with van der Waals surface area (Å²) in [4.78, 5) is 19.4. The lowest BCUT2D eigenvalue weighted by molar-refractivity contribution is -0.120. The summed E-state index contributed by atoms with van der Waals surface area (Å²) in [5, 5.41) is 3.28. The Bertz CT molecular complexity index is 823. The number of rotatable bonds is 5. The highest BCUT2D eigenvalue weighted by molar-refractivity contribution is 5.81. The van der Waals surface area contributed by atoms with Crippen LogP contribution in [0.25, 0.3) is 0 Å². The van der Waals surface area contributed by atoms with E-state index in [0.29, 0.717) is 17.9 Å². The Hall–Kier alpha value is -2.62. The van der Waals surface area contributed by atoms with Gasteiger partial charge in [0.05, 0.1) is 12.1 Å². The predicted molar refractivity (Wildman–Crippen MR) is 111 cm³/mol. The summed E-state index contributed by atoms with van der Waals surface area (Å²) in [5.41, 5.74) is 3.50. The van der Waals surface area contributed by atoms with Crippen LogP contribution in [0.5, 0.6) is 0 Å². The third kappa shape index (κ3) is 3.90. The van der Waals surface area contributed by atoms with Crippen LogP contribution in [-0.4, -0.2) is 31.3 Å². The molecular weight excluding hydrogens is 334 g/mol. The first-order valence-corrected chi connectivity index (χ1v) is 9.86. The minimum absolute atomic E-state index is 0.112. The molecule has 1 aliphatic carbocycles. The van der Waals surface area contributed by atoms with Gasteiger partial charge in [-0.2, -0.15) is 0 Å². The molecule has 0 radical (unpaired) electrons. The number of anilines is 1. The fourth-order valence-electron chi connectivity index (χ4n) is 4.30. The van der Waals surface area contributed by atoms with Crippen LogP contribution in [0.15, 0.2) is 59.6 Å². The number of hydrogen-bond acceptors (Lipinski definition) is 3. The van der Waals surface area contributed by atoms with Crippen molar-refractivity contribution >= 4 is 23.5 Å². The molecule has 0 aromatic heterocycles. The molecule has 1 heterocycles. The van der Waals surface area contributed by atoms with E-state index in [4.69, 9.17) is 0 Å². The van der Waals surface area contributed by atoms with Crippen LogP contribution in [0.1, 0.15) is 31.7 Å². The molecule has 0 bridgehead atoms. The van der Waals surface area contributed by atoms with Gasteiger partial charge >= 0.3 is 0 Å². The van der Waals surface area contributed by atoms with Gasteiger partial charge in [-0.25, -0.2) is 0 Å². The number of nitrogens with zero attached hydrogens (tertiary/aromatic N) is 2. The van der Waals surface area contributed by atoms with Gasteiger partial charge in [0.25, 0.3) is 0 Å². The molecule has 4 rings (SSSR count). The van der Waals surface area contributed by atoms with Crippen molar-refractivity contribution in [2.45, 2.75) is 38.6 Å². The van der Waals surface area contributed by atoms with E-state index < -0.39 is 0 Å². The summed E-state index contributed by atoms with van der Waals surface area (Å²) in [6.07, 6.45) is 5.60. The summed E-state index contributed by atoms with van der Waals surface area (Å²) in [6, 6.07) is 18.8. The highest BCUT2D eigenvalue weighted by Gasteiger charge is 2.55. The lowest BCUT2D eigenvalue weighted by Gasteiger charge is -2.34. The van der Waals surface area contributed by atoms with Crippen LogP contribution >= 0.6 is 0 Å². The van der Waals surface area contributed by atoms with E-state index in [1.54, 1.807) is 6.21 Å². The van der Waals surface area contributed by atoms with Crippen LogP contribution in [0.3, 0.4) is 0 Å². The van der Waals surface area contributed by atoms with Crippen LogP contribution in [0, 0.1) is 5.41 Å². The van der Waals surface area contributed by atoms with Gasteiger partial charge in [0, 0.05) is 31.0 Å².